The van der Waals surface area contributed by atoms with Gasteiger partial charge in [0.25, 0.3) is 5.24 Å². The molecule has 0 heterocycles. The van der Waals surface area contributed by atoms with Gasteiger partial charge >= 0.3 is 0 Å². The minimum atomic E-state index is -1.39. The van der Waals surface area contributed by atoms with Crippen molar-refractivity contribution in [1.82, 2.24) is 0 Å². The van der Waals surface area contributed by atoms with Gasteiger partial charge in [0.05, 0.1) is 0 Å². The number of halogens is 1. The fourth-order valence-electron chi connectivity index (χ4n) is 0.237. The topological polar surface area (TPSA) is 17.1 Å². The van der Waals surface area contributed by atoms with Gasteiger partial charge in [-0.25, -0.2) is 0 Å². The van der Waals surface area contributed by atoms with Gasteiger partial charge < -0.3 is 0 Å². The highest BCUT2D eigenvalue weighted by molar-refractivity contribution is 6.84. The zero-order valence-corrected chi connectivity index (χ0v) is 7.54. The second kappa shape index (κ2) is 3.05. The first-order chi connectivity index (χ1) is 3.92. The Labute approximate surface area is 61.4 Å². The summed E-state index contributed by atoms with van der Waals surface area (Å²) >= 11 is 4.99. The molecule has 1 nitrogen and oxygen atoms in total. The van der Waals surface area contributed by atoms with E-state index in [9.17, 15) is 4.79 Å². The Hall–Kier alpha value is -0.263. The van der Waals surface area contributed by atoms with E-state index in [0.29, 0.717) is 0 Å². The Bertz CT molecular complexity index is 170. The summed E-state index contributed by atoms with van der Waals surface area (Å²) in [7, 11) is -1.39. The van der Waals surface area contributed by atoms with Crippen molar-refractivity contribution in [2.45, 2.75) is 19.6 Å². The van der Waals surface area contributed by atoms with Crippen molar-refractivity contribution in [3.05, 3.63) is 0 Å². The summed E-state index contributed by atoms with van der Waals surface area (Å²) in [5.74, 6) is 2.32. The summed E-state index contributed by atoms with van der Waals surface area (Å²) in [6.45, 7) is 6.17. The average molecular weight is 161 g/mol. The van der Waals surface area contributed by atoms with Crippen LogP contribution in [0, 0.1) is 11.5 Å². The molecule has 0 spiro atoms. The zero-order valence-electron chi connectivity index (χ0n) is 5.79. The molecule has 0 aliphatic heterocycles. The molecule has 0 amide bonds. The van der Waals surface area contributed by atoms with Crippen molar-refractivity contribution < 1.29 is 4.79 Å². The SMILES string of the molecule is C[Si](C)(C)C#CC(=O)Cl. The number of hydrogen-bond acceptors (Lipinski definition) is 1. The monoisotopic (exact) mass is 160 g/mol. The molecule has 0 aromatic carbocycles. The molecule has 0 bridgehead atoms. The second-order valence-electron chi connectivity index (χ2n) is 2.77. The number of carbonyl (C=O) groups is 1. The van der Waals surface area contributed by atoms with E-state index in [-0.39, 0.29) is 0 Å². The highest BCUT2D eigenvalue weighted by Gasteiger charge is 2.07. The van der Waals surface area contributed by atoms with Crippen molar-refractivity contribution in [2.24, 2.45) is 0 Å². The van der Waals surface area contributed by atoms with Gasteiger partial charge in [0.15, 0.2) is 0 Å². The fraction of sp³-hybridized carbons (Fsp3) is 0.500. The largest absolute Gasteiger partial charge is 0.295 e. The van der Waals surface area contributed by atoms with Crippen LogP contribution in [0.15, 0.2) is 0 Å². The van der Waals surface area contributed by atoms with Crippen molar-refractivity contribution in [3.63, 3.8) is 0 Å². The maximum Gasteiger partial charge on any atom is 0.295 e. The van der Waals surface area contributed by atoms with E-state index in [0.717, 1.165) is 0 Å². The first kappa shape index (κ1) is 8.74. The van der Waals surface area contributed by atoms with E-state index in [1.54, 1.807) is 0 Å². The average Bonchev–Trinajstić information content (AvgIpc) is 1.59. The van der Waals surface area contributed by atoms with Crippen LogP contribution >= 0.6 is 11.6 Å². The first-order valence-corrected chi connectivity index (χ1v) is 6.52. The summed E-state index contributed by atoms with van der Waals surface area (Å²) in [4.78, 5) is 10.1. The number of rotatable bonds is 0. The van der Waals surface area contributed by atoms with Crippen LogP contribution in [0.4, 0.5) is 0 Å². The minimum absolute atomic E-state index is 0.558. The Morgan fingerprint density at radius 3 is 2.00 bits per heavy atom. The Morgan fingerprint density at radius 2 is 1.89 bits per heavy atom. The van der Waals surface area contributed by atoms with E-state index >= 15 is 0 Å². The molecule has 0 aromatic rings. The van der Waals surface area contributed by atoms with Gasteiger partial charge in [0.1, 0.15) is 8.07 Å². The fourth-order valence-corrected chi connectivity index (χ4v) is 0.852. The standard InChI is InChI=1S/C6H9ClOSi/c1-9(2,3)5-4-6(7)8/h1-3H3. The molecule has 9 heavy (non-hydrogen) atoms. The van der Waals surface area contributed by atoms with Crippen LogP contribution in [0.3, 0.4) is 0 Å². The van der Waals surface area contributed by atoms with Crippen LogP contribution in [0.2, 0.25) is 19.6 Å². The van der Waals surface area contributed by atoms with E-state index in [2.05, 4.69) is 31.1 Å². The van der Waals surface area contributed by atoms with Crippen molar-refractivity contribution in [3.8, 4) is 11.5 Å². The van der Waals surface area contributed by atoms with Crippen LogP contribution in [-0.2, 0) is 4.79 Å². The molecular formula is C6H9ClOSi. The van der Waals surface area contributed by atoms with E-state index < -0.39 is 13.3 Å². The first-order valence-electron chi connectivity index (χ1n) is 2.64. The third kappa shape index (κ3) is 7.74. The molecular weight excluding hydrogens is 152 g/mol. The predicted octanol–water partition coefficient (Wildman–Crippen LogP) is 1.63. The summed E-state index contributed by atoms with van der Waals surface area (Å²) in [5, 5.41) is -0.558. The summed E-state index contributed by atoms with van der Waals surface area (Å²) in [6.07, 6.45) is 0. The van der Waals surface area contributed by atoms with Crippen LogP contribution in [0.1, 0.15) is 0 Å². The smallest absolute Gasteiger partial charge is 0.266 e. The predicted molar refractivity (Wildman–Crippen MR) is 42.0 cm³/mol. The van der Waals surface area contributed by atoms with Gasteiger partial charge in [-0.2, -0.15) is 0 Å². The molecule has 0 rings (SSSR count). The normalized spacial score (nSPS) is 9.78. The highest BCUT2D eigenvalue weighted by Crippen LogP contribution is 1.96. The van der Waals surface area contributed by atoms with Crippen LogP contribution in [0.25, 0.3) is 0 Å². The molecule has 0 saturated carbocycles. The lowest BCUT2D eigenvalue weighted by molar-refractivity contribution is -0.106. The van der Waals surface area contributed by atoms with Crippen molar-refractivity contribution >= 4 is 24.9 Å². The third-order valence-corrected chi connectivity index (χ3v) is 1.51. The number of carbonyl (C=O) groups excluding carboxylic acids is 1. The lowest BCUT2D eigenvalue weighted by Crippen LogP contribution is -2.16. The van der Waals surface area contributed by atoms with Gasteiger partial charge in [0, 0.05) is 0 Å². The summed E-state index contributed by atoms with van der Waals surface area (Å²) in [6, 6.07) is 0. The maximum atomic E-state index is 10.1. The quantitative estimate of drug-likeness (QED) is 0.299. The van der Waals surface area contributed by atoms with E-state index in [4.69, 9.17) is 11.6 Å². The van der Waals surface area contributed by atoms with Gasteiger partial charge in [0.2, 0.25) is 0 Å². The molecule has 0 fully saturated rings. The van der Waals surface area contributed by atoms with Gasteiger partial charge in [-0.05, 0) is 17.5 Å². The van der Waals surface area contributed by atoms with Gasteiger partial charge in [-0.15, -0.1) is 5.54 Å². The van der Waals surface area contributed by atoms with Crippen LogP contribution < -0.4 is 0 Å². The highest BCUT2D eigenvalue weighted by atomic mass is 35.5. The Morgan fingerprint density at radius 1 is 1.44 bits per heavy atom. The molecule has 0 saturated heterocycles. The van der Waals surface area contributed by atoms with E-state index in [1.165, 1.54) is 0 Å². The van der Waals surface area contributed by atoms with Crippen LogP contribution in [0.5, 0.6) is 0 Å². The second-order valence-corrected chi connectivity index (χ2v) is 7.87. The molecule has 0 radical (unpaired) electrons. The van der Waals surface area contributed by atoms with Crippen LogP contribution in [-0.4, -0.2) is 13.3 Å². The third-order valence-electron chi connectivity index (χ3n) is 0.536. The molecule has 3 heteroatoms. The molecule has 0 aliphatic rings. The molecule has 0 N–H and O–H groups in total. The summed E-state index contributed by atoms with van der Waals surface area (Å²) < 4.78 is 0. The molecule has 0 unspecified atom stereocenters. The van der Waals surface area contributed by atoms with E-state index in [1.807, 2.05) is 0 Å². The molecule has 0 aromatic heterocycles. The molecule has 50 valence electrons. The van der Waals surface area contributed by atoms with Crippen molar-refractivity contribution in [2.75, 3.05) is 0 Å². The van der Waals surface area contributed by atoms with Gasteiger partial charge in [-0.3, -0.25) is 4.79 Å². The summed E-state index contributed by atoms with van der Waals surface area (Å²) in [5.41, 5.74) is 2.83. The Balaban J connectivity index is 4.04. The zero-order chi connectivity index (χ0) is 7.49. The number of hydrogen-bond donors (Lipinski definition) is 0. The maximum absolute atomic E-state index is 10.1. The molecule has 0 atom stereocenters. The van der Waals surface area contributed by atoms with Crippen molar-refractivity contribution in [1.29, 1.82) is 0 Å². The minimum Gasteiger partial charge on any atom is -0.266 e. The lowest BCUT2D eigenvalue weighted by Gasteiger charge is -2.01. The Kier molecular flexibility index (Phi) is 2.96. The molecule has 0 aliphatic carbocycles. The van der Waals surface area contributed by atoms with Gasteiger partial charge in [-0.1, -0.05) is 19.6 Å². The lowest BCUT2D eigenvalue weighted by atomic mass is 10.8.